The molecule has 0 saturated carbocycles. The molecule has 0 aromatic carbocycles. The van der Waals surface area contributed by atoms with Gasteiger partial charge in [0.1, 0.15) is 0 Å². The Morgan fingerprint density at radius 1 is 1.64 bits per heavy atom. The van der Waals surface area contributed by atoms with Crippen molar-refractivity contribution in [2.75, 3.05) is 13.2 Å². The highest BCUT2D eigenvalue weighted by Gasteiger charge is 2.01. The highest BCUT2D eigenvalue weighted by Crippen LogP contribution is 2.12. The molecule has 0 aliphatic heterocycles. The van der Waals surface area contributed by atoms with E-state index in [2.05, 4.69) is 17.2 Å². The second-order valence-electron chi connectivity index (χ2n) is 3.49. The zero-order valence-electron chi connectivity index (χ0n) is 8.79. The van der Waals surface area contributed by atoms with Crippen molar-refractivity contribution in [3.8, 4) is 0 Å². The molecule has 0 saturated heterocycles. The van der Waals surface area contributed by atoms with E-state index < -0.39 is 0 Å². The first kappa shape index (κ1) is 11.6. The zero-order chi connectivity index (χ0) is 10.4. The van der Waals surface area contributed by atoms with Crippen molar-refractivity contribution < 1.29 is 5.11 Å². The summed E-state index contributed by atoms with van der Waals surface area (Å²) in [5.41, 5.74) is 0. The van der Waals surface area contributed by atoms with Crippen LogP contribution >= 0.6 is 11.3 Å². The van der Waals surface area contributed by atoms with Crippen LogP contribution in [0.1, 0.15) is 23.7 Å². The summed E-state index contributed by atoms with van der Waals surface area (Å²) in [7, 11) is 0. The smallest absolute Gasteiger partial charge is 0.0925 e. The van der Waals surface area contributed by atoms with Gasteiger partial charge in [0.25, 0.3) is 0 Å². The summed E-state index contributed by atoms with van der Waals surface area (Å²) < 4.78 is 0. The van der Waals surface area contributed by atoms with E-state index in [0.717, 1.165) is 19.5 Å². The molecule has 1 heterocycles. The topological polar surface area (TPSA) is 45.2 Å². The number of aliphatic hydroxyl groups excluding tert-OH is 1. The van der Waals surface area contributed by atoms with E-state index in [1.807, 2.05) is 13.1 Å². The first-order valence-corrected chi connectivity index (χ1v) is 5.83. The summed E-state index contributed by atoms with van der Waals surface area (Å²) in [5.74, 6) is 0.327. The van der Waals surface area contributed by atoms with E-state index >= 15 is 0 Å². The molecular formula is C10H18N2OS. The largest absolute Gasteiger partial charge is 0.396 e. The average Bonchev–Trinajstić information content (AvgIpc) is 2.65. The predicted octanol–water partition coefficient (Wildman–Crippen LogP) is 1.42. The van der Waals surface area contributed by atoms with Crippen LogP contribution in [0.5, 0.6) is 0 Å². The van der Waals surface area contributed by atoms with Crippen molar-refractivity contribution in [1.82, 2.24) is 10.3 Å². The Balaban J connectivity index is 2.24. The third-order valence-electron chi connectivity index (χ3n) is 2.01. The molecule has 2 N–H and O–H groups in total. The fourth-order valence-electron chi connectivity index (χ4n) is 1.10. The normalized spacial score (nSPS) is 13.1. The highest BCUT2D eigenvalue weighted by atomic mass is 32.1. The molecule has 1 atom stereocenters. The monoisotopic (exact) mass is 214 g/mol. The summed E-state index contributed by atoms with van der Waals surface area (Å²) in [6.07, 6.45) is 2.94. The van der Waals surface area contributed by atoms with E-state index in [4.69, 9.17) is 5.11 Å². The molecule has 4 heteroatoms. The lowest BCUT2D eigenvalue weighted by molar-refractivity contribution is 0.233. The Kier molecular flexibility index (Phi) is 5.07. The molecule has 3 nitrogen and oxygen atoms in total. The zero-order valence-corrected chi connectivity index (χ0v) is 9.60. The van der Waals surface area contributed by atoms with Crippen molar-refractivity contribution in [2.45, 2.75) is 26.8 Å². The molecule has 1 rings (SSSR count). The summed E-state index contributed by atoms with van der Waals surface area (Å²) in [6, 6.07) is 0. The lowest BCUT2D eigenvalue weighted by Crippen LogP contribution is -2.22. The van der Waals surface area contributed by atoms with Crippen LogP contribution in [0.4, 0.5) is 0 Å². The van der Waals surface area contributed by atoms with Gasteiger partial charge in [-0.25, -0.2) is 4.98 Å². The molecule has 80 valence electrons. The minimum absolute atomic E-state index is 0.246. The Labute approximate surface area is 89.2 Å². The van der Waals surface area contributed by atoms with Gasteiger partial charge in [0.05, 0.1) is 5.01 Å². The van der Waals surface area contributed by atoms with E-state index in [-0.39, 0.29) is 6.61 Å². The molecule has 0 amide bonds. The Morgan fingerprint density at radius 3 is 3.00 bits per heavy atom. The number of hydrogen-bond acceptors (Lipinski definition) is 4. The summed E-state index contributed by atoms with van der Waals surface area (Å²) in [6.45, 7) is 6.11. The summed E-state index contributed by atoms with van der Waals surface area (Å²) in [5, 5.41) is 13.3. The van der Waals surface area contributed by atoms with Gasteiger partial charge in [0, 0.05) is 30.8 Å². The quantitative estimate of drug-likeness (QED) is 0.753. The molecule has 14 heavy (non-hydrogen) atoms. The lowest BCUT2D eigenvalue weighted by atomic mass is 10.2. The molecule has 1 unspecified atom stereocenters. The standard InChI is InChI=1S/C10H18N2OS/c1-3-10-12-6-9(14-10)5-11-4-8(2)7-13/h6,8,11,13H,3-5,7H2,1-2H3. The van der Waals surface area contributed by atoms with Crippen molar-refractivity contribution in [3.63, 3.8) is 0 Å². The minimum Gasteiger partial charge on any atom is -0.396 e. The Morgan fingerprint density at radius 2 is 2.43 bits per heavy atom. The first-order valence-electron chi connectivity index (χ1n) is 5.01. The molecule has 0 fully saturated rings. The van der Waals surface area contributed by atoms with Crippen LogP contribution in [0.25, 0.3) is 0 Å². The number of hydrogen-bond donors (Lipinski definition) is 2. The first-order chi connectivity index (χ1) is 6.76. The number of rotatable bonds is 6. The van der Waals surface area contributed by atoms with Gasteiger partial charge < -0.3 is 10.4 Å². The van der Waals surface area contributed by atoms with Gasteiger partial charge in [-0.1, -0.05) is 13.8 Å². The van der Waals surface area contributed by atoms with Crippen LogP contribution in [0.3, 0.4) is 0 Å². The molecule has 0 radical (unpaired) electrons. The lowest BCUT2D eigenvalue weighted by Gasteiger charge is -2.07. The van der Waals surface area contributed by atoms with Gasteiger partial charge in [0.15, 0.2) is 0 Å². The van der Waals surface area contributed by atoms with Gasteiger partial charge in [-0.2, -0.15) is 0 Å². The maximum atomic E-state index is 8.82. The van der Waals surface area contributed by atoms with Crippen LogP contribution in [-0.4, -0.2) is 23.2 Å². The number of aromatic nitrogens is 1. The number of aryl methyl sites for hydroxylation is 1. The fraction of sp³-hybridized carbons (Fsp3) is 0.700. The van der Waals surface area contributed by atoms with Crippen molar-refractivity contribution in [3.05, 3.63) is 16.1 Å². The van der Waals surface area contributed by atoms with E-state index in [9.17, 15) is 0 Å². The van der Waals surface area contributed by atoms with E-state index in [1.165, 1.54) is 9.88 Å². The molecule has 0 aliphatic carbocycles. The van der Waals surface area contributed by atoms with Crippen molar-refractivity contribution >= 4 is 11.3 Å². The van der Waals surface area contributed by atoms with Gasteiger partial charge in [-0.3, -0.25) is 0 Å². The molecule has 0 bridgehead atoms. The molecule has 1 aromatic heterocycles. The molecular weight excluding hydrogens is 196 g/mol. The van der Waals surface area contributed by atoms with Crippen molar-refractivity contribution in [1.29, 1.82) is 0 Å². The predicted molar refractivity (Wildman–Crippen MR) is 59.4 cm³/mol. The highest BCUT2D eigenvalue weighted by molar-refractivity contribution is 7.11. The molecule has 0 aliphatic rings. The number of nitrogens with zero attached hydrogens (tertiary/aromatic N) is 1. The van der Waals surface area contributed by atoms with Gasteiger partial charge in [-0.05, 0) is 12.3 Å². The fourth-order valence-corrected chi connectivity index (χ4v) is 1.93. The van der Waals surface area contributed by atoms with Gasteiger partial charge >= 0.3 is 0 Å². The van der Waals surface area contributed by atoms with E-state index in [1.54, 1.807) is 11.3 Å². The van der Waals surface area contributed by atoms with Gasteiger partial charge in [-0.15, -0.1) is 11.3 Å². The van der Waals surface area contributed by atoms with Crippen molar-refractivity contribution in [2.24, 2.45) is 5.92 Å². The van der Waals surface area contributed by atoms with Crippen LogP contribution < -0.4 is 5.32 Å². The third-order valence-corrected chi connectivity index (χ3v) is 3.15. The second kappa shape index (κ2) is 6.11. The summed E-state index contributed by atoms with van der Waals surface area (Å²) in [4.78, 5) is 5.55. The van der Waals surface area contributed by atoms with Crippen LogP contribution in [0.15, 0.2) is 6.20 Å². The average molecular weight is 214 g/mol. The van der Waals surface area contributed by atoms with Gasteiger partial charge in [0.2, 0.25) is 0 Å². The number of aliphatic hydroxyl groups is 1. The number of nitrogens with one attached hydrogen (secondary N) is 1. The molecule has 0 spiro atoms. The Hall–Kier alpha value is -0.450. The SMILES string of the molecule is CCc1ncc(CNCC(C)CO)s1. The van der Waals surface area contributed by atoms with Crippen LogP contribution in [0, 0.1) is 5.92 Å². The third kappa shape index (κ3) is 3.74. The van der Waals surface area contributed by atoms with Crippen LogP contribution in [-0.2, 0) is 13.0 Å². The second-order valence-corrected chi connectivity index (χ2v) is 4.69. The maximum Gasteiger partial charge on any atom is 0.0925 e. The minimum atomic E-state index is 0.246. The maximum absolute atomic E-state index is 8.82. The molecule has 1 aromatic rings. The number of thiazole rings is 1. The Bertz CT molecular complexity index is 262. The van der Waals surface area contributed by atoms with E-state index in [0.29, 0.717) is 5.92 Å². The summed E-state index contributed by atoms with van der Waals surface area (Å²) >= 11 is 1.76. The van der Waals surface area contributed by atoms with Crippen LogP contribution in [0.2, 0.25) is 0 Å².